The Balaban J connectivity index is 2.14. The lowest BCUT2D eigenvalue weighted by molar-refractivity contribution is -0.140. The van der Waals surface area contributed by atoms with Gasteiger partial charge in [-0.1, -0.05) is 28.1 Å². The first-order chi connectivity index (χ1) is 14.2. The highest BCUT2D eigenvalue weighted by Gasteiger charge is 2.45. The van der Waals surface area contributed by atoms with Crippen LogP contribution in [0.5, 0.6) is 5.75 Å². The van der Waals surface area contributed by atoms with E-state index in [1.807, 2.05) is 50.2 Å². The molecule has 0 aliphatic carbocycles. The Morgan fingerprint density at radius 3 is 2.40 bits per heavy atom. The number of aliphatic hydroxyl groups is 1. The lowest BCUT2D eigenvalue weighted by atomic mass is 9.95. The Labute approximate surface area is 184 Å². The van der Waals surface area contributed by atoms with Crippen molar-refractivity contribution in [3.8, 4) is 5.75 Å². The number of ketones is 1. The number of aryl methyl sites for hydroxylation is 1. The molecule has 1 aliphatic heterocycles. The third-order valence-corrected chi connectivity index (χ3v) is 5.71. The van der Waals surface area contributed by atoms with E-state index in [2.05, 4.69) is 15.9 Å². The van der Waals surface area contributed by atoms with Crippen molar-refractivity contribution in [3.05, 3.63) is 69.2 Å². The van der Waals surface area contributed by atoms with Crippen LogP contribution in [0.1, 0.15) is 22.7 Å². The largest absolute Gasteiger partial charge is 0.507 e. The fraction of sp³-hybridized carbons (Fsp3) is 0.304. The molecule has 0 saturated carbocycles. The summed E-state index contributed by atoms with van der Waals surface area (Å²) in [5.41, 5.74) is 2.16. The Bertz CT molecular complexity index is 999. The summed E-state index contributed by atoms with van der Waals surface area (Å²) in [5, 5.41) is 11.1. The van der Waals surface area contributed by atoms with Crippen molar-refractivity contribution in [3.63, 3.8) is 0 Å². The van der Waals surface area contributed by atoms with Crippen molar-refractivity contribution in [2.24, 2.45) is 0 Å². The number of rotatable bonds is 6. The highest BCUT2D eigenvalue weighted by atomic mass is 79.9. The smallest absolute Gasteiger partial charge is 0.295 e. The second-order valence-electron chi connectivity index (χ2n) is 7.53. The average Bonchev–Trinajstić information content (AvgIpc) is 2.96. The van der Waals surface area contributed by atoms with Crippen molar-refractivity contribution in [1.82, 2.24) is 9.80 Å². The van der Waals surface area contributed by atoms with Crippen LogP contribution in [-0.4, -0.2) is 60.9 Å². The number of hydrogen-bond acceptors (Lipinski definition) is 5. The lowest BCUT2D eigenvalue weighted by Gasteiger charge is -2.26. The van der Waals surface area contributed by atoms with Gasteiger partial charge in [0.15, 0.2) is 0 Å². The maximum Gasteiger partial charge on any atom is 0.295 e. The Morgan fingerprint density at radius 2 is 1.83 bits per heavy atom. The van der Waals surface area contributed by atoms with Gasteiger partial charge in [0.2, 0.25) is 0 Å². The monoisotopic (exact) mass is 472 g/mol. The van der Waals surface area contributed by atoms with Gasteiger partial charge in [-0.15, -0.1) is 0 Å². The van der Waals surface area contributed by atoms with E-state index in [0.717, 1.165) is 15.6 Å². The Morgan fingerprint density at radius 1 is 1.17 bits per heavy atom. The average molecular weight is 473 g/mol. The van der Waals surface area contributed by atoms with Crippen LogP contribution in [0.25, 0.3) is 5.76 Å². The van der Waals surface area contributed by atoms with Gasteiger partial charge in [0, 0.05) is 23.1 Å². The molecule has 0 spiro atoms. The highest BCUT2D eigenvalue weighted by Crippen LogP contribution is 2.40. The summed E-state index contributed by atoms with van der Waals surface area (Å²) < 4.78 is 6.17. The predicted octanol–water partition coefficient (Wildman–Crippen LogP) is 3.75. The van der Waals surface area contributed by atoms with Crippen LogP contribution in [0.4, 0.5) is 0 Å². The molecule has 1 N–H and O–H groups in total. The molecule has 0 bridgehead atoms. The molecule has 7 heteroatoms. The number of ether oxygens (including phenoxy) is 1. The van der Waals surface area contributed by atoms with E-state index in [1.54, 1.807) is 25.3 Å². The minimum absolute atomic E-state index is 0.102. The van der Waals surface area contributed by atoms with E-state index in [-0.39, 0.29) is 11.3 Å². The van der Waals surface area contributed by atoms with E-state index in [4.69, 9.17) is 4.74 Å². The topological polar surface area (TPSA) is 70.1 Å². The molecule has 30 heavy (non-hydrogen) atoms. The van der Waals surface area contributed by atoms with E-state index >= 15 is 0 Å². The number of likely N-dealkylation sites (N-methyl/N-ethyl adjacent to an activating group) is 1. The summed E-state index contributed by atoms with van der Waals surface area (Å²) in [6, 6.07) is 12.0. The normalized spacial score (nSPS) is 18.3. The van der Waals surface area contributed by atoms with Crippen molar-refractivity contribution < 1.29 is 19.4 Å². The maximum absolute atomic E-state index is 13.0. The fourth-order valence-electron chi connectivity index (χ4n) is 3.59. The molecule has 1 saturated heterocycles. The Hall–Kier alpha value is -2.64. The van der Waals surface area contributed by atoms with Gasteiger partial charge in [0.25, 0.3) is 11.7 Å². The van der Waals surface area contributed by atoms with Crippen LogP contribution in [0.15, 0.2) is 52.5 Å². The molecule has 6 nitrogen and oxygen atoms in total. The van der Waals surface area contributed by atoms with Crippen LogP contribution in [0.3, 0.4) is 0 Å². The number of carbonyl (C=O) groups is 2. The molecule has 1 atom stereocenters. The van der Waals surface area contributed by atoms with Crippen LogP contribution >= 0.6 is 15.9 Å². The highest BCUT2D eigenvalue weighted by molar-refractivity contribution is 9.10. The molecule has 3 rings (SSSR count). The SMILES string of the molecule is COc1ccc(C(O)=C2C(=O)C(=O)N(CCN(C)C)[C@H]2c2ccc(Br)cc2)cc1C. The van der Waals surface area contributed by atoms with Crippen LogP contribution in [-0.2, 0) is 9.59 Å². The van der Waals surface area contributed by atoms with Gasteiger partial charge < -0.3 is 19.6 Å². The molecule has 1 fully saturated rings. The third-order valence-electron chi connectivity index (χ3n) is 5.18. The maximum atomic E-state index is 13.0. The van der Waals surface area contributed by atoms with Gasteiger partial charge in [0.1, 0.15) is 11.5 Å². The quantitative estimate of drug-likeness (QED) is 0.393. The molecule has 0 unspecified atom stereocenters. The number of Topliss-reactive ketones (excluding diaryl/α,β-unsaturated/α-hetero) is 1. The molecule has 0 radical (unpaired) electrons. The first-order valence-electron chi connectivity index (χ1n) is 9.58. The number of methoxy groups -OCH3 is 1. The van der Waals surface area contributed by atoms with Gasteiger partial charge in [0.05, 0.1) is 18.7 Å². The second-order valence-corrected chi connectivity index (χ2v) is 8.45. The predicted molar refractivity (Wildman–Crippen MR) is 119 cm³/mol. The van der Waals surface area contributed by atoms with Crippen molar-refractivity contribution in [2.45, 2.75) is 13.0 Å². The minimum Gasteiger partial charge on any atom is -0.507 e. The molecule has 2 aromatic carbocycles. The number of hydrogen-bond donors (Lipinski definition) is 1. The standard InChI is InChI=1S/C23H25BrN2O4/c1-14-13-16(7-10-18(14)30-4)21(27)19-20(15-5-8-17(24)9-6-15)26(12-11-25(2)3)23(29)22(19)28/h5-10,13,20,27H,11-12H2,1-4H3/t20-/m0/s1. The summed E-state index contributed by atoms with van der Waals surface area (Å²) in [4.78, 5) is 29.3. The number of halogens is 1. The van der Waals surface area contributed by atoms with Crippen LogP contribution in [0, 0.1) is 6.92 Å². The van der Waals surface area contributed by atoms with Gasteiger partial charge >= 0.3 is 0 Å². The molecular formula is C23H25BrN2O4. The van der Waals surface area contributed by atoms with E-state index in [0.29, 0.717) is 24.4 Å². The summed E-state index contributed by atoms with van der Waals surface area (Å²) >= 11 is 3.42. The fourth-order valence-corrected chi connectivity index (χ4v) is 3.86. The number of benzene rings is 2. The molecule has 0 aromatic heterocycles. The zero-order valence-electron chi connectivity index (χ0n) is 17.5. The first-order valence-corrected chi connectivity index (χ1v) is 10.4. The molecule has 1 heterocycles. The molecule has 1 amide bonds. The van der Waals surface area contributed by atoms with E-state index in [9.17, 15) is 14.7 Å². The minimum atomic E-state index is -0.673. The number of carbonyl (C=O) groups excluding carboxylic acids is 2. The molecule has 1 aliphatic rings. The molecule has 2 aromatic rings. The first kappa shape index (κ1) is 22.1. The van der Waals surface area contributed by atoms with Crippen molar-refractivity contribution >= 4 is 33.4 Å². The van der Waals surface area contributed by atoms with Gasteiger partial charge in [-0.25, -0.2) is 0 Å². The number of nitrogens with zero attached hydrogens (tertiary/aromatic N) is 2. The summed E-state index contributed by atoms with van der Waals surface area (Å²) in [6.07, 6.45) is 0. The van der Waals surface area contributed by atoms with Gasteiger partial charge in [-0.2, -0.15) is 0 Å². The number of aliphatic hydroxyl groups excluding tert-OH is 1. The van der Waals surface area contributed by atoms with E-state index < -0.39 is 17.7 Å². The summed E-state index contributed by atoms with van der Waals surface area (Å²) in [7, 11) is 5.39. The third kappa shape index (κ3) is 4.27. The van der Waals surface area contributed by atoms with Gasteiger partial charge in [-0.3, -0.25) is 9.59 Å². The van der Waals surface area contributed by atoms with Crippen LogP contribution < -0.4 is 4.74 Å². The van der Waals surface area contributed by atoms with Gasteiger partial charge in [-0.05, 0) is 62.5 Å². The molecular weight excluding hydrogens is 448 g/mol. The lowest BCUT2D eigenvalue weighted by Crippen LogP contribution is -2.35. The zero-order chi connectivity index (χ0) is 22.0. The van der Waals surface area contributed by atoms with Crippen LogP contribution in [0.2, 0.25) is 0 Å². The summed E-state index contributed by atoms with van der Waals surface area (Å²) in [6.45, 7) is 2.83. The molecule has 158 valence electrons. The Kier molecular flexibility index (Phi) is 6.63. The number of amides is 1. The van der Waals surface area contributed by atoms with E-state index in [1.165, 1.54) is 4.90 Å². The number of likely N-dealkylation sites (tertiary alicyclic amines) is 1. The van der Waals surface area contributed by atoms with Crippen molar-refractivity contribution in [1.29, 1.82) is 0 Å². The zero-order valence-corrected chi connectivity index (χ0v) is 19.1. The van der Waals surface area contributed by atoms with Crippen molar-refractivity contribution in [2.75, 3.05) is 34.3 Å². The second kappa shape index (κ2) is 9.02. The summed E-state index contributed by atoms with van der Waals surface area (Å²) in [5.74, 6) is -0.772.